The number of carbonyl (C=O) groups excluding carboxylic acids is 1. The number of carbonyl (C=O) groups is 1. The number of benzene rings is 1. The Labute approximate surface area is 140 Å². The molecule has 5 nitrogen and oxygen atoms in total. The second-order valence-electron chi connectivity index (χ2n) is 6.23. The van der Waals surface area contributed by atoms with E-state index in [2.05, 4.69) is 15.5 Å². The predicted molar refractivity (Wildman–Crippen MR) is 89.1 cm³/mol. The van der Waals surface area contributed by atoms with Gasteiger partial charge >= 0.3 is 0 Å². The van der Waals surface area contributed by atoms with Gasteiger partial charge in [0.1, 0.15) is 5.82 Å². The molecule has 0 radical (unpaired) electrons. The lowest BCUT2D eigenvalue weighted by atomic mass is 10.1. The predicted octanol–water partition coefficient (Wildman–Crippen LogP) is 3.29. The molecule has 2 N–H and O–H groups in total. The normalized spacial score (nSPS) is 18.5. The third kappa shape index (κ3) is 3.82. The summed E-state index contributed by atoms with van der Waals surface area (Å²) in [6, 6.07) is 6.35. The van der Waals surface area contributed by atoms with Crippen molar-refractivity contribution in [1.29, 1.82) is 0 Å². The minimum Gasteiger partial charge on any atom is -0.378 e. The highest BCUT2D eigenvalue weighted by Crippen LogP contribution is 2.24. The number of aromatic amines is 1. The second kappa shape index (κ2) is 7.57. The Hall–Kier alpha value is -2.21. The van der Waals surface area contributed by atoms with Gasteiger partial charge in [0.2, 0.25) is 0 Å². The molecule has 1 aliphatic heterocycles. The molecule has 128 valence electrons. The average molecular weight is 331 g/mol. The number of hydrogen-bond donors (Lipinski definition) is 2. The van der Waals surface area contributed by atoms with Crippen LogP contribution in [0.5, 0.6) is 0 Å². The number of H-pyrrole nitrogens is 1. The van der Waals surface area contributed by atoms with Gasteiger partial charge in [-0.2, -0.15) is 5.10 Å². The van der Waals surface area contributed by atoms with Gasteiger partial charge in [-0.1, -0.05) is 12.1 Å². The maximum absolute atomic E-state index is 14.0. The van der Waals surface area contributed by atoms with E-state index in [1.807, 2.05) is 6.92 Å². The fraction of sp³-hybridized carbons (Fsp3) is 0.444. The molecule has 0 aliphatic carbocycles. The maximum atomic E-state index is 14.0. The van der Waals surface area contributed by atoms with Crippen LogP contribution in [-0.2, 0) is 4.74 Å². The fourth-order valence-electron chi connectivity index (χ4n) is 3.01. The van der Waals surface area contributed by atoms with Crippen molar-refractivity contribution in [2.45, 2.75) is 44.8 Å². The molecule has 0 unspecified atom stereocenters. The molecule has 2 heterocycles. The smallest absolute Gasteiger partial charge is 0.255 e. The highest BCUT2D eigenvalue weighted by Gasteiger charge is 2.20. The first-order valence-corrected chi connectivity index (χ1v) is 8.36. The minimum atomic E-state index is -0.387. The molecule has 24 heavy (non-hydrogen) atoms. The van der Waals surface area contributed by atoms with Gasteiger partial charge in [0, 0.05) is 18.2 Å². The highest BCUT2D eigenvalue weighted by molar-refractivity contribution is 5.99. The van der Waals surface area contributed by atoms with Crippen molar-refractivity contribution in [3.05, 3.63) is 41.8 Å². The number of amides is 1. The van der Waals surface area contributed by atoms with Crippen LogP contribution >= 0.6 is 0 Å². The van der Waals surface area contributed by atoms with Gasteiger partial charge in [0.05, 0.1) is 23.6 Å². The Morgan fingerprint density at radius 1 is 1.50 bits per heavy atom. The van der Waals surface area contributed by atoms with E-state index in [1.54, 1.807) is 18.2 Å². The molecule has 2 atom stereocenters. The summed E-state index contributed by atoms with van der Waals surface area (Å²) in [7, 11) is 0. The standard InChI is InChI=1S/C18H22FN3O2/c1-12(8-9-13-5-4-10-24-13)21-18(23)15-11-20-22-17(15)14-6-2-3-7-16(14)19/h2-3,6-7,11-13H,4-5,8-10H2,1H3,(H,20,22)(H,21,23)/t12-,13-/m0/s1. The zero-order valence-electron chi connectivity index (χ0n) is 13.7. The van der Waals surface area contributed by atoms with Crippen LogP contribution in [0.1, 0.15) is 43.0 Å². The quantitative estimate of drug-likeness (QED) is 0.853. The molecule has 0 spiro atoms. The molecular weight excluding hydrogens is 309 g/mol. The molecule has 3 rings (SSSR count). The molecule has 1 aromatic carbocycles. The van der Waals surface area contributed by atoms with Crippen molar-refractivity contribution in [2.75, 3.05) is 6.61 Å². The number of halogens is 1. The summed E-state index contributed by atoms with van der Waals surface area (Å²) in [6.45, 7) is 2.81. The van der Waals surface area contributed by atoms with Crippen LogP contribution in [0, 0.1) is 5.82 Å². The van der Waals surface area contributed by atoms with Gasteiger partial charge in [0.25, 0.3) is 5.91 Å². The summed E-state index contributed by atoms with van der Waals surface area (Å²) in [6.07, 6.45) is 5.75. The number of hydrogen-bond acceptors (Lipinski definition) is 3. The van der Waals surface area contributed by atoms with Gasteiger partial charge < -0.3 is 10.1 Å². The van der Waals surface area contributed by atoms with E-state index >= 15 is 0 Å². The van der Waals surface area contributed by atoms with Gasteiger partial charge in [-0.15, -0.1) is 0 Å². The molecule has 1 amide bonds. The van der Waals surface area contributed by atoms with Crippen LogP contribution in [0.4, 0.5) is 4.39 Å². The maximum Gasteiger partial charge on any atom is 0.255 e. The minimum absolute atomic E-state index is 0.0186. The Kier molecular flexibility index (Phi) is 5.25. The molecule has 1 aliphatic rings. The fourth-order valence-corrected chi connectivity index (χ4v) is 3.01. The highest BCUT2D eigenvalue weighted by atomic mass is 19.1. The van der Waals surface area contributed by atoms with Crippen molar-refractivity contribution in [2.24, 2.45) is 0 Å². The second-order valence-corrected chi connectivity index (χ2v) is 6.23. The monoisotopic (exact) mass is 331 g/mol. The van der Waals surface area contributed by atoms with Crippen molar-refractivity contribution in [3.63, 3.8) is 0 Å². The SMILES string of the molecule is C[C@@H](CC[C@@H]1CCCO1)NC(=O)c1cn[nH]c1-c1ccccc1F. The molecule has 1 aromatic heterocycles. The van der Waals surface area contributed by atoms with E-state index in [0.717, 1.165) is 32.3 Å². The van der Waals surface area contributed by atoms with E-state index in [0.29, 0.717) is 22.9 Å². The van der Waals surface area contributed by atoms with Crippen LogP contribution in [0.15, 0.2) is 30.5 Å². The van der Waals surface area contributed by atoms with E-state index in [9.17, 15) is 9.18 Å². The van der Waals surface area contributed by atoms with Gasteiger partial charge in [-0.05, 0) is 44.7 Å². The van der Waals surface area contributed by atoms with Crippen LogP contribution in [-0.4, -0.2) is 34.9 Å². The van der Waals surface area contributed by atoms with Gasteiger partial charge in [-0.3, -0.25) is 9.89 Å². The molecule has 0 saturated carbocycles. The van der Waals surface area contributed by atoms with E-state index in [1.165, 1.54) is 12.3 Å². The van der Waals surface area contributed by atoms with Crippen LogP contribution in [0.3, 0.4) is 0 Å². The number of ether oxygens (including phenoxy) is 1. The summed E-state index contributed by atoms with van der Waals surface area (Å²) in [4.78, 5) is 12.5. The number of aromatic nitrogens is 2. The zero-order chi connectivity index (χ0) is 16.9. The molecule has 2 aromatic rings. The van der Waals surface area contributed by atoms with E-state index in [4.69, 9.17) is 4.74 Å². The number of nitrogens with one attached hydrogen (secondary N) is 2. The first-order chi connectivity index (χ1) is 11.6. The first-order valence-electron chi connectivity index (χ1n) is 8.36. The van der Waals surface area contributed by atoms with Crippen molar-refractivity contribution in [3.8, 4) is 11.3 Å². The van der Waals surface area contributed by atoms with Crippen LogP contribution in [0.25, 0.3) is 11.3 Å². The van der Waals surface area contributed by atoms with Crippen LogP contribution < -0.4 is 5.32 Å². The van der Waals surface area contributed by atoms with Gasteiger partial charge in [0.15, 0.2) is 0 Å². The summed E-state index contributed by atoms with van der Waals surface area (Å²) in [5.41, 5.74) is 1.09. The molecule has 0 bridgehead atoms. The summed E-state index contributed by atoms with van der Waals surface area (Å²) >= 11 is 0. The third-order valence-corrected chi connectivity index (χ3v) is 4.35. The molecule has 6 heteroatoms. The molecule has 1 fully saturated rings. The summed E-state index contributed by atoms with van der Waals surface area (Å²) < 4.78 is 19.6. The molecule has 1 saturated heterocycles. The first kappa shape index (κ1) is 16.6. The summed E-state index contributed by atoms with van der Waals surface area (Å²) in [5.74, 6) is -0.635. The van der Waals surface area contributed by atoms with Crippen LogP contribution in [0.2, 0.25) is 0 Å². The summed E-state index contributed by atoms with van der Waals surface area (Å²) in [5, 5.41) is 9.59. The lowest BCUT2D eigenvalue weighted by molar-refractivity contribution is 0.0900. The Balaban J connectivity index is 1.63. The zero-order valence-corrected chi connectivity index (χ0v) is 13.7. The lowest BCUT2D eigenvalue weighted by Gasteiger charge is -2.16. The Morgan fingerprint density at radius 2 is 2.33 bits per heavy atom. The lowest BCUT2D eigenvalue weighted by Crippen LogP contribution is -2.33. The number of rotatable bonds is 6. The Bertz CT molecular complexity index is 695. The average Bonchev–Trinajstić information content (AvgIpc) is 3.25. The third-order valence-electron chi connectivity index (χ3n) is 4.35. The van der Waals surface area contributed by atoms with E-state index < -0.39 is 0 Å². The molecular formula is C18H22FN3O2. The van der Waals surface area contributed by atoms with Gasteiger partial charge in [-0.25, -0.2) is 4.39 Å². The van der Waals surface area contributed by atoms with E-state index in [-0.39, 0.29) is 17.8 Å². The number of nitrogens with zero attached hydrogens (tertiary/aromatic N) is 1. The van der Waals surface area contributed by atoms with Crippen molar-refractivity contribution >= 4 is 5.91 Å². The Morgan fingerprint density at radius 3 is 3.08 bits per heavy atom. The topological polar surface area (TPSA) is 67.0 Å². The van der Waals surface area contributed by atoms with Crippen molar-refractivity contribution < 1.29 is 13.9 Å². The van der Waals surface area contributed by atoms with Crippen molar-refractivity contribution in [1.82, 2.24) is 15.5 Å². The largest absolute Gasteiger partial charge is 0.378 e.